The van der Waals surface area contributed by atoms with Gasteiger partial charge in [0.2, 0.25) is 0 Å². The first-order valence-corrected chi connectivity index (χ1v) is 15.7. The lowest BCUT2D eigenvalue weighted by Gasteiger charge is -2.43. The molecular formula is C29H28F7O6S2+. The van der Waals surface area contributed by atoms with Gasteiger partial charge in [-0.05, 0) is 74.5 Å². The Hall–Kier alpha value is -2.85. The van der Waals surface area contributed by atoms with Gasteiger partial charge in [-0.2, -0.15) is 39.2 Å². The summed E-state index contributed by atoms with van der Waals surface area (Å²) >= 11 is 0. The molecule has 0 aromatic heterocycles. The average Bonchev–Trinajstić information content (AvgIpc) is 2.95. The van der Waals surface area contributed by atoms with Gasteiger partial charge in [-0.25, -0.2) is 0 Å². The molecule has 1 aliphatic rings. The summed E-state index contributed by atoms with van der Waals surface area (Å²) in [6.07, 6.45) is -6.17. The van der Waals surface area contributed by atoms with Gasteiger partial charge < -0.3 is 14.2 Å². The number of ether oxygens (including phenoxy) is 3. The van der Waals surface area contributed by atoms with Crippen molar-refractivity contribution in [3.05, 3.63) is 84.4 Å². The number of halogens is 7. The molecule has 0 spiro atoms. The van der Waals surface area contributed by atoms with Gasteiger partial charge in [-0.15, -0.1) is 0 Å². The highest BCUT2D eigenvalue weighted by atomic mass is 32.2. The van der Waals surface area contributed by atoms with Crippen molar-refractivity contribution >= 4 is 21.0 Å². The Labute approximate surface area is 252 Å². The van der Waals surface area contributed by atoms with Crippen LogP contribution in [0.1, 0.15) is 25.8 Å². The third kappa shape index (κ3) is 6.86. The van der Waals surface area contributed by atoms with Crippen molar-refractivity contribution in [3.8, 4) is 5.75 Å². The molecule has 0 bridgehead atoms. The first kappa shape index (κ1) is 34.0. The summed E-state index contributed by atoms with van der Waals surface area (Å²) in [6.45, 7) is 0.479. The van der Waals surface area contributed by atoms with Crippen LogP contribution in [0, 0.1) is 5.41 Å². The van der Waals surface area contributed by atoms with Crippen LogP contribution in [0.5, 0.6) is 5.75 Å². The van der Waals surface area contributed by atoms with Gasteiger partial charge in [0, 0.05) is 5.56 Å². The average molecular weight is 670 g/mol. The van der Waals surface area contributed by atoms with Gasteiger partial charge in [0.25, 0.3) is 0 Å². The summed E-state index contributed by atoms with van der Waals surface area (Å²) in [5.74, 6) is -6.41. The van der Waals surface area contributed by atoms with Crippen molar-refractivity contribution in [2.75, 3.05) is 19.8 Å². The van der Waals surface area contributed by atoms with Crippen LogP contribution in [0.4, 0.5) is 30.7 Å². The van der Waals surface area contributed by atoms with Crippen LogP contribution in [-0.4, -0.2) is 50.1 Å². The van der Waals surface area contributed by atoms with E-state index in [0.29, 0.717) is 5.56 Å². The molecule has 1 atom stereocenters. The molecule has 0 aliphatic carbocycles. The molecule has 1 fully saturated rings. The van der Waals surface area contributed by atoms with Crippen LogP contribution in [0.15, 0.2) is 93.5 Å². The molecule has 0 radical (unpaired) electrons. The van der Waals surface area contributed by atoms with E-state index in [0.717, 1.165) is 21.6 Å². The minimum atomic E-state index is -6.34. The van der Waals surface area contributed by atoms with E-state index >= 15 is 0 Å². The van der Waals surface area contributed by atoms with Crippen molar-refractivity contribution in [1.82, 2.24) is 0 Å². The maximum Gasteiger partial charge on any atom is 0.431 e. The smallest absolute Gasteiger partial charge is 0.431 e. The number of hydrogen-bond acceptors (Lipinski definition) is 5. The first-order valence-electron chi connectivity index (χ1n) is 13.0. The van der Waals surface area contributed by atoms with Gasteiger partial charge in [0.05, 0.1) is 37.1 Å². The molecule has 15 heteroatoms. The third-order valence-corrected chi connectivity index (χ3v) is 10.3. The maximum absolute atomic E-state index is 13.8. The molecule has 1 aliphatic heterocycles. The van der Waals surface area contributed by atoms with E-state index in [1.165, 1.54) is 12.1 Å². The van der Waals surface area contributed by atoms with Crippen molar-refractivity contribution in [2.24, 2.45) is 5.41 Å². The van der Waals surface area contributed by atoms with Crippen LogP contribution in [0.2, 0.25) is 0 Å². The van der Waals surface area contributed by atoms with E-state index in [2.05, 4.69) is 0 Å². The lowest BCUT2D eigenvalue weighted by atomic mass is 9.90. The molecule has 1 heterocycles. The Bertz CT molecular complexity index is 1520. The van der Waals surface area contributed by atoms with Crippen molar-refractivity contribution in [2.45, 2.75) is 58.1 Å². The minimum absolute atomic E-state index is 0.0528. The van der Waals surface area contributed by atoms with E-state index in [4.69, 9.17) is 18.8 Å². The van der Waals surface area contributed by atoms with E-state index in [1.54, 1.807) is 43.3 Å². The zero-order valence-corrected chi connectivity index (χ0v) is 24.9. The second-order valence-corrected chi connectivity index (χ2v) is 14.0. The number of rotatable bonds is 10. The van der Waals surface area contributed by atoms with Gasteiger partial charge in [0.1, 0.15) is 11.2 Å². The molecule has 4 rings (SSSR count). The van der Waals surface area contributed by atoms with E-state index < -0.39 is 75.8 Å². The van der Waals surface area contributed by atoms with Crippen LogP contribution >= 0.6 is 0 Å². The third-order valence-electron chi connectivity index (χ3n) is 7.10. The maximum atomic E-state index is 13.8. The van der Waals surface area contributed by atoms with Crippen molar-refractivity contribution < 1.29 is 57.9 Å². The van der Waals surface area contributed by atoms with Crippen LogP contribution in [0.3, 0.4) is 0 Å². The highest BCUT2D eigenvalue weighted by molar-refractivity contribution is 7.97. The topological polar surface area (TPSA) is 82.1 Å². The van der Waals surface area contributed by atoms with E-state index in [9.17, 15) is 39.2 Å². The Morgan fingerprint density at radius 1 is 0.795 bits per heavy atom. The fraction of sp³-hybridized carbons (Fsp3) is 0.379. The predicted molar refractivity (Wildman–Crippen MR) is 146 cm³/mol. The highest BCUT2D eigenvalue weighted by Gasteiger charge is 2.65. The zero-order valence-electron chi connectivity index (χ0n) is 23.3. The molecule has 1 saturated heterocycles. The molecular weight excluding hydrogens is 641 g/mol. The van der Waals surface area contributed by atoms with Gasteiger partial charge in [-0.1, -0.05) is 18.2 Å². The second-order valence-electron chi connectivity index (χ2n) is 10.5. The molecule has 0 saturated carbocycles. The molecule has 44 heavy (non-hydrogen) atoms. The molecule has 1 N–H and O–H groups in total. The second kappa shape index (κ2) is 12.2. The summed E-state index contributed by atoms with van der Waals surface area (Å²) in [6, 6.07) is 22.5. The van der Waals surface area contributed by atoms with Crippen LogP contribution in [0.25, 0.3) is 0 Å². The fourth-order valence-corrected chi connectivity index (χ4v) is 6.71. The quantitative estimate of drug-likeness (QED) is 0.137. The molecule has 1 unspecified atom stereocenters. The molecule has 240 valence electrons. The van der Waals surface area contributed by atoms with Crippen LogP contribution < -0.4 is 4.74 Å². The van der Waals surface area contributed by atoms with Crippen molar-refractivity contribution in [3.63, 3.8) is 0 Å². The normalized spacial score (nSPS) is 22.4. The zero-order chi connectivity index (χ0) is 32.6. The summed E-state index contributed by atoms with van der Waals surface area (Å²) in [7, 11) is -7.05. The summed E-state index contributed by atoms with van der Waals surface area (Å²) in [4.78, 5) is 2.48. The minimum Gasteiger partial charge on any atom is -0.493 e. The largest absolute Gasteiger partial charge is 0.493 e. The van der Waals surface area contributed by atoms with Gasteiger partial charge in [-0.3, -0.25) is 4.55 Å². The van der Waals surface area contributed by atoms with E-state index in [-0.39, 0.29) is 5.75 Å². The van der Waals surface area contributed by atoms with Gasteiger partial charge >= 0.3 is 27.5 Å². The SMILES string of the molecule is CC1(c2ccc([S+](c3ccccc3)c3ccc(OCCC(F)(F)C(F)(F)S(=O)(=O)O)cc3)cc2)OCC(C)(C(F)(F)F)CO1. The van der Waals surface area contributed by atoms with Gasteiger partial charge in [0.15, 0.2) is 20.5 Å². The van der Waals surface area contributed by atoms with Crippen molar-refractivity contribution in [1.29, 1.82) is 0 Å². The van der Waals surface area contributed by atoms with E-state index in [1.807, 2.05) is 30.3 Å². The molecule has 6 nitrogen and oxygen atoms in total. The monoisotopic (exact) mass is 669 g/mol. The van der Waals surface area contributed by atoms with Crippen LogP contribution in [-0.2, 0) is 36.3 Å². The Balaban J connectivity index is 1.51. The standard InChI is InChI=1S/C29H27F7O6S2/c1-25(28(32,33)34)18-41-26(2,42-19-25)20-8-12-23(13-9-20)43(22-6-4-3-5-7-22)24-14-10-21(11-15-24)40-17-16-27(30,31)29(35,36)44(37,38)39/h3-15H,16-19H2,1-2H3/p+1. The molecule has 3 aromatic rings. The predicted octanol–water partition coefficient (Wildman–Crippen LogP) is 7.45. The lowest BCUT2D eigenvalue weighted by Crippen LogP contribution is -2.52. The Morgan fingerprint density at radius 2 is 1.27 bits per heavy atom. The summed E-state index contributed by atoms with van der Waals surface area (Å²) < 4.78 is 141. The Morgan fingerprint density at radius 3 is 1.75 bits per heavy atom. The summed E-state index contributed by atoms with van der Waals surface area (Å²) in [5, 5.41) is -5.68. The number of benzene rings is 3. The Kier molecular flexibility index (Phi) is 9.40. The highest BCUT2D eigenvalue weighted by Crippen LogP contribution is 2.46. The number of hydrogen-bond donors (Lipinski definition) is 1. The number of alkyl halides is 7. The molecule has 3 aromatic carbocycles. The lowest BCUT2D eigenvalue weighted by molar-refractivity contribution is -0.354. The molecule has 0 amide bonds. The summed E-state index contributed by atoms with van der Waals surface area (Å²) in [5.41, 5.74) is -1.61. The first-order chi connectivity index (χ1) is 20.3. The fourth-order valence-electron chi connectivity index (χ4n) is 4.17.